The number of benzene rings is 1. The Morgan fingerprint density at radius 3 is 2.92 bits per heavy atom. The lowest BCUT2D eigenvalue weighted by Crippen LogP contribution is -2.25. The second kappa shape index (κ2) is 7.23. The van der Waals surface area contributed by atoms with E-state index >= 15 is 0 Å². The molecule has 4 nitrogen and oxygen atoms in total. The predicted molar refractivity (Wildman–Crippen MR) is 107 cm³/mol. The van der Waals surface area contributed by atoms with Gasteiger partial charge in [-0.15, -0.1) is 11.3 Å². The van der Waals surface area contributed by atoms with Gasteiger partial charge in [-0.2, -0.15) is 0 Å². The van der Waals surface area contributed by atoms with Gasteiger partial charge in [0.25, 0.3) is 5.56 Å². The summed E-state index contributed by atoms with van der Waals surface area (Å²) in [5.74, 6) is 1.69. The fourth-order valence-electron chi connectivity index (χ4n) is 3.72. The van der Waals surface area contributed by atoms with Gasteiger partial charge in [-0.3, -0.25) is 9.36 Å². The molecule has 0 atom stereocenters. The first-order chi connectivity index (χ1) is 12.6. The lowest BCUT2D eigenvalue weighted by Gasteiger charge is -2.12. The zero-order valence-electron chi connectivity index (χ0n) is 15.4. The molecule has 0 N–H and O–H groups in total. The van der Waals surface area contributed by atoms with Crippen LogP contribution in [0.1, 0.15) is 41.1 Å². The standard InChI is InChI=1S/C21H24N2O2S/c1-14-7-5-8-16(13-14)25-12-6-11-23-15(2)22-20-19(21(23)24)17-9-3-4-10-18(17)26-20/h5,7-8,13H,3-4,6,9-12H2,1-2H3. The second-order valence-electron chi connectivity index (χ2n) is 7.03. The molecule has 0 fully saturated rings. The summed E-state index contributed by atoms with van der Waals surface area (Å²) in [4.78, 5) is 20.1. The predicted octanol–water partition coefficient (Wildman–Crippen LogP) is 4.42. The Bertz CT molecular complexity index is 1000. The van der Waals surface area contributed by atoms with E-state index in [1.807, 2.05) is 29.7 Å². The fourth-order valence-corrected chi connectivity index (χ4v) is 5.02. The maximum Gasteiger partial charge on any atom is 0.262 e. The van der Waals surface area contributed by atoms with Crippen molar-refractivity contribution >= 4 is 21.6 Å². The topological polar surface area (TPSA) is 44.1 Å². The van der Waals surface area contributed by atoms with Gasteiger partial charge >= 0.3 is 0 Å². The Kier molecular flexibility index (Phi) is 4.81. The Morgan fingerprint density at radius 2 is 2.08 bits per heavy atom. The highest BCUT2D eigenvalue weighted by Crippen LogP contribution is 2.33. The molecule has 0 amide bonds. The molecule has 1 aliphatic carbocycles. The summed E-state index contributed by atoms with van der Waals surface area (Å²) in [5, 5.41) is 0.870. The van der Waals surface area contributed by atoms with E-state index in [1.54, 1.807) is 11.3 Å². The van der Waals surface area contributed by atoms with Crippen LogP contribution in [0.5, 0.6) is 5.75 Å². The van der Waals surface area contributed by atoms with Crippen molar-refractivity contribution in [2.24, 2.45) is 0 Å². The number of hydrogen-bond acceptors (Lipinski definition) is 4. The van der Waals surface area contributed by atoms with Crippen LogP contribution in [0.4, 0.5) is 0 Å². The number of aryl methyl sites for hydroxylation is 4. The molecule has 1 aromatic carbocycles. The van der Waals surface area contributed by atoms with E-state index in [0.717, 1.165) is 41.1 Å². The molecule has 26 heavy (non-hydrogen) atoms. The number of hydrogen-bond donors (Lipinski definition) is 0. The summed E-state index contributed by atoms with van der Waals surface area (Å²) in [6.07, 6.45) is 5.30. The van der Waals surface area contributed by atoms with Crippen LogP contribution in [0.15, 0.2) is 29.1 Å². The van der Waals surface area contributed by atoms with Crippen molar-refractivity contribution in [1.29, 1.82) is 0 Å². The van der Waals surface area contributed by atoms with Crippen molar-refractivity contribution in [2.75, 3.05) is 6.61 Å². The van der Waals surface area contributed by atoms with Gasteiger partial charge in [-0.1, -0.05) is 12.1 Å². The highest BCUT2D eigenvalue weighted by atomic mass is 32.1. The second-order valence-corrected chi connectivity index (χ2v) is 8.11. The first-order valence-corrected chi connectivity index (χ1v) is 10.2. The van der Waals surface area contributed by atoms with Gasteiger partial charge in [0.15, 0.2) is 0 Å². The summed E-state index contributed by atoms with van der Waals surface area (Å²) in [5.41, 5.74) is 2.58. The maximum absolute atomic E-state index is 13.1. The minimum atomic E-state index is 0.127. The minimum absolute atomic E-state index is 0.127. The van der Waals surface area contributed by atoms with Crippen molar-refractivity contribution in [3.05, 3.63) is 56.4 Å². The Hall–Kier alpha value is -2.14. The van der Waals surface area contributed by atoms with Crippen LogP contribution in [0.2, 0.25) is 0 Å². The van der Waals surface area contributed by atoms with E-state index < -0.39 is 0 Å². The Morgan fingerprint density at radius 1 is 1.23 bits per heavy atom. The quantitative estimate of drug-likeness (QED) is 0.626. The maximum atomic E-state index is 13.1. The number of nitrogens with zero attached hydrogens (tertiary/aromatic N) is 2. The van der Waals surface area contributed by atoms with Crippen LogP contribution in [-0.4, -0.2) is 16.2 Å². The number of ether oxygens (including phenoxy) is 1. The molecule has 0 aliphatic heterocycles. The van der Waals surface area contributed by atoms with Crippen molar-refractivity contribution in [3.8, 4) is 5.75 Å². The van der Waals surface area contributed by atoms with Crippen LogP contribution < -0.4 is 10.3 Å². The van der Waals surface area contributed by atoms with Crippen LogP contribution in [-0.2, 0) is 19.4 Å². The highest BCUT2D eigenvalue weighted by molar-refractivity contribution is 7.18. The van der Waals surface area contributed by atoms with Crippen molar-refractivity contribution < 1.29 is 4.74 Å². The minimum Gasteiger partial charge on any atom is -0.494 e. The third kappa shape index (κ3) is 3.28. The molecule has 2 aromatic heterocycles. The largest absolute Gasteiger partial charge is 0.494 e. The molecule has 4 rings (SSSR count). The van der Waals surface area contributed by atoms with E-state index in [2.05, 4.69) is 13.0 Å². The molecule has 2 heterocycles. The van der Waals surface area contributed by atoms with Crippen molar-refractivity contribution in [1.82, 2.24) is 9.55 Å². The molecule has 0 saturated heterocycles. The van der Waals surface area contributed by atoms with E-state index in [1.165, 1.54) is 28.8 Å². The zero-order valence-corrected chi connectivity index (χ0v) is 16.2. The van der Waals surface area contributed by atoms with E-state index in [0.29, 0.717) is 13.2 Å². The van der Waals surface area contributed by atoms with Gasteiger partial charge in [-0.05, 0) is 69.2 Å². The average molecular weight is 369 g/mol. The molecule has 1 aliphatic rings. The lowest BCUT2D eigenvalue weighted by molar-refractivity contribution is 0.300. The van der Waals surface area contributed by atoms with Crippen molar-refractivity contribution in [2.45, 2.75) is 52.5 Å². The molecule has 0 spiro atoms. The van der Waals surface area contributed by atoms with Gasteiger partial charge in [0, 0.05) is 11.4 Å². The smallest absolute Gasteiger partial charge is 0.262 e. The molecule has 0 saturated carbocycles. The first kappa shape index (κ1) is 17.3. The number of rotatable bonds is 5. The Labute approximate surface area is 157 Å². The number of thiophene rings is 1. The van der Waals surface area contributed by atoms with Crippen LogP contribution in [0.25, 0.3) is 10.2 Å². The number of fused-ring (bicyclic) bond motifs is 3. The van der Waals surface area contributed by atoms with Gasteiger partial charge in [-0.25, -0.2) is 4.98 Å². The third-order valence-corrected chi connectivity index (χ3v) is 6.24. The zero-order chi connectivity index (χ0) is 18.1. The van der Waals surface area contributed by atoms with Gasteiger partial charge in [0.1, 0.15) is 16.4 Å². The molecule has 0 radical (unpaired) electrons. The summed E-state index contributed by atoms with van der Waals surface area (Å²) in [6.45, 7) is 5.22. The lowest BCUT2D eigenvalue weighted by atomic mass is 9.97. The first-order valence-electron chi connectivity index (χ1n) is 9.34. The van der Waals surface area contributed by atoms with Crippen LogP contribution in [0, 0.1) is 13.8 Å². The molecule has 3 aromatic rings. The molecule has 0 bridgehead atoms. The van der Waals surface area contributed by atoms with Crippen LogP contribution >= 0.6 is 11.3 Å². The van der Waals surface area contributed by atoms with Gasteiger partial charge in [0.05, 0.1) is 12.0 Å². The van der Waals surface area contributed by atoms with E-state index in [4.69, 9.17) is 9.72 Å². The Balaban J connectivity index is 1.52. The van der Waals surface area contributed by atoms with E-state index in [9.17, 15) is 4.79 Å². The molecule has 0 unspecified atom stereocenters. The number of aromatic nitrogens is 2. The average Bonchev–Trinajstić information content (AvgIpc) is 2.99. The molecule has 136 valence electrons. The van der Waals surface area contributed by atoms with Crippen molar-refractivity contribution in [3.63, 3.8) is 0 Å². The monoisotopic (exact) mass is 368 g/mol. The fraction of sp³-hybridized carbons (Fsp3) is 0.429. The molecular weight excluding hydrogens is 344 g/mol. The highest BCUT2D eigenvalue weighted by Gasteiger charge is 2.20. The summed E-state index contributed by atoms with van der Waals surface area (Å²) in [7, 11) is 0. The molecule has 5 heteroatoms. The van der Waals surface area contributed by atoms with Crippen LogP contribution in [0.3, 0.4) is 0 Å². The third-order valence-electron chi connectivity index (χ3n) is 5.05. The summed E-state index contributed by atoms with van der Waals surface area (Å²) >= 11 is 1.71. The summed E-state index contributed by atoms with van der Waals surface area (Å²) in [6, 6.07) is 8.05. The normalized spacial score (nSPS) is 13.8. The SMILES string of the molecule is Cc1cccc(OCCCn2c(C)nc3sc4c(c3c2=O)CCCC4)c1. The summed E-state index contributed by atoms with van der Waals surface area (Å²) < 4.78 is 7.64. The van der Waals surface area contributed by atoms with E-state index in [-0.39, 0.29) is 5.56 Å². The van der Waals surface area contributed by atoms with Gasteiger partial charge in [0.2, 0.25) is 0 Å². The molecular formula is C21H24N2O2S. The van der Waals surface area contributed by atoms with Gasteiger partial charge < -0.3 is 4.74 Å².